The van der Waals surface area contributed by atoms with Crippen molar-refractivity contribution in [2.45, 2.75) is 19.0 Å². The van der Waals surface area contributed by atoms with Gasteiger partial charge in [0, 0.05) is 10.1 Å². The first kappa shape index (κ1) is 17.3. The van der Waals surface area contributed by atoms with E-state index in [0.29, 0.717) is 12.4 Å². The van der Waals surface area contributed by atoms with Crippen molar-refractivity contribution in [3.63, 3.8) is 0 Å². The molecule has 0 aliphatic rings. The number of rotatable bonds is 7. The number of nitrogens with zero attached hydrogens (tertiary/aromatic N) is 1. The van der Waals surface area contributed by atoms with Crippen LogP contribution in [0.2, 0.25) is 0 Å². The molecule has 1 aromatic carbocycles. The van der Waals surface area contributed by atoms with Gasteiger partial charge in [0.05, 0.1) is 6.04 Å². The van der Waals surface area contributed by atoms with Crippen molar-refractivity contribution in [2.75, 3.05) is 12.0 Å². The molecule has 0 spiro atoms. The van der Waals surface area contributed by atoms with Crippen molar-refractivity contribution in [3.8, 4) is 0 Å². The molecule has 1 heterocycles. The number of aromatic nitrogens is 1. The monoisotopic (exact) mass is 431 g/mol. The largest absolute Gasteiger partial charge is 0.446 e. The number of hydrogen-bond donors (Lipinski definition) is 2. The molecule has 0 aliphatic heterocycles. The van der Waals surface area contributed by atoms with Crippen LogP contribution in [0.15, 0.2) is 34.9 Å². The molecule has 0 fully saturated rings. The molecule has 0 saturated heterocycles. The minimum atomic E-state index is -0.273. The highest BCUT2D eigenvalue weighted by Crippen LogP contribution is 2.15. The van der Waals surface area contributed by atoms with E-state index in [9.17, 15) is 4.79 Å². The van der Waals surface area contributed by atoms with Gasteiger partial charge >= 0.3 is 0 Å². The maximum atomic E-state index is 12.1. The molecule has 1 unspecified atom stereocenters. The van der Waals surface area contributed by atoms with E-state index >= 15 is 0 Å². The van der Waals surface area contributed by atoms with E-state index in [1.54, 1.807) is 11.8 Å². The number of hydrogen-bond acceptors (Lipinski definition) is 5. The Hall–Kier alpha value is -1.06. The molecule has 1 aromatic heterocycles. The van der Waals surface area contributed by atoms with Crippen LogP contribution in [0.25, 0.3) is 0 Å². The Bertz CT molecular complexity index is 633. The molecule has 3 N–H and O–H groups in total. The third-order valence-electron chi connectivity index (χ3n) is 3.05. The second-order valence-electron chi connectivity index (χ2n) is 4.77. The molecular weight excluding hydrogens is 413 g/mol. The van der Waals surface area contributed by atoms with E-state index in [0.717, 1.165) is 21.3 Å². The number of carbonyl (C=O) groups excluding carboxylic acids is 1. The molecule has 1 amide bonds. The summed E-state index contributed by atoms with van der Waals surface area (Å²) in [6, 6.07) is 7.68. The second kappa shape index (κ2) is 8.54. The molecular formula is C15H18IN3O2S. The molecule has 0 saturated carbocycles. The Kier molecular flexibility index (Phi) is 6.71. The highest BCUT2D eigenvalue weighted by Gasteiger charge is 2.16. The molecule has 7 heteroatoms. The Morgan fingerprint density at radius 1 is 1.55 bits per heavy atom. The summed E-state index contributed by atoms with van der Waals surface area (Å²) >= 11 is 3.95. The Morgan fingerprint density at radius 2 is 2.36 bits per heavy atom. The summed E-state index contributed by atoms with van der Waals surface area (Å²) in [6.07, 6.45) is 4.15. The Morgan fingerprint density at radius 3 is 3.09 bits per heavy atom. The van der Waals surface area contributed by atoms with Crippen LogP contribution in [-0.4, -0.2) is 22.9 Å². The smallest absolute Gasteiger partial charge is 0.273 e. The van der Waals surface area contributed by atoms with Gasteiger partial charge in [-0.25, -0.2) is 4.98 Å². The zero-order chi connectivity index (χ0) is 15.9. The summed E-state index contributed by atoms with van der Waals surface area (Å²) in [5.41, 5.74) is 7.28. The number of thioether (sulfide) groups is 1. The lowest BCUT2D eigenvalue weighted by atomic mass is 10.2. The van der Waals surface area contributed by atoms with Crippen LogP contribution < -0.4 is 11.1 Å². The Balaban J connectivity index is 1.91. The lowest BCUT2D eigenvalue weighted by Gasteiger charge is -2.05. The standard InChI is InChI=1S/C15H18IN3O2S/c1-22-6-5-12(17)15-19-13(9-21-15)14(20)18-8-10-3-2-4-11(16)7-10/h2-4,7,9,12H,5-6,8,17H2,1H3,(H,18,20). The molecule has 1 atom stereocenters. The molecule has 5 nitrogen and oxygen atoms in total. The molecule has 0 aliphatic carbocycles. The van der Waals surface area contributed by atoms with E-state index in [1.807, 2.05) is 30.5 Å². The average Bonchev–Trinajstić information content (AvgIpc) is 3.00. The zero-order valence-electron chi connectivity index (χ0n) is 12.2. The van der Waals surface area contributed by atoms with Gasteiger partial charge in [-0.2, -0.15) is 11.8 Å². The van der Waals surface area contributed by atoms with Crippen LogP contribution in [0.4, 0.5) is 0 Å². The normalized spacial score (nSPS) is 12.1. The number of nitrogens with two attached hydrogens (primary N) is 1. The summed E-state index contributed by atoms with van der Waals surface area (Å²) in [4.78, 5) is 16.3. The van der Waals surface area contributed by atoms with E-state index in [1.165, 1.54) is 6.26 Å². The van der Waals surface area contributed by atoms with Crippen molar-refractivity contribution in [2.24, 2.45) is 5.73 Å². The van der Waals surface area contributed by atoms with Crippen molar-refractivity contribution in [3.05, 3.63) is 51.2 Å². The van der Waals surface area contributed by atoms with Gasteiger partial charge in [0.1, 0.15) is 6.26 Å². The number of oxazole rings is 1. The first-order chi connectivity index (χ1) is 10.6. The quantitative estimate of drug-likeness (QED) is 0.659. The maximum Gasteiger partial charge on any atom is 0.273 e. The summed E-state index contributed by atoms with van der Waals surface area (Å²) in [7, 11) is 0. The molecule has 2 aromatic rings. The average molecular weight is 431 g/mol. The Labute approximate surface area is 147 Å². The number of halogens is 1. The summed E-state index contributed by atoms with van der Waals surface area (Å²) in [6.45, 7) is 0.455. The summed E-state index contributed by atoms with van der Waals surface area (Å²) < 4.78 is 6.44. The van der Waals surface area contributed by atoms with E-state index < -0.39 is 0 Å². The van der Waals surface area contributed by atoms with Crippen LogP contribution in [0.5, 0.6) is 0 Å². The van der Waals surface area contributed by atoms with Crippen LogP contribution >= 0.6 is 34.4 Å². The fourth-order valence-electron chi connectivity index (χ4n) is 1.85. The summed E-state index contributed by atoms with van der Waals surface area (Å²) in [5, 5.41) is 2.83. The highest BCUT2D eigenvalue weighted by atomic mass is 127. The minimum Gasteiger partial charge on any atom is -0.446 e. The molecule has 2 rings (SSSR count). The lowest BCUT2D eigenvalue weighted by molar-refractivity contribution is 0.0946. The van der Waals surface area contributed by atoms with Gasteiger partial charge in [0.2, 0.25) is 5.89 Å². The number of amides is 1. The number of carbonyl (C=O) groups is 1. The first-order valence-corrected chi connectivity index (χ1v) is 9.30. The minimum absolute atomic E-state index is 0.258. The van der Waals surface area contributed by atoms with Gasteiger partial charge in [0.15, 0.2) is 5.69 Å². The van der Waals surface area contributed by atoms with E-state index in [-0.39, 0.29) is 17.6 Å². The van der Waals surface area contributed by atoms with Crippen LogP contribution in [0, 0.1) is 3.57 Å². The van der Waals surface area contributed by atoms with Gasteiger partial charge in [-0.1, -0.05) is 12.1 Å². The van der Waals surface area contributed by atoms with Gasteiger partial charge in [-0.3, -0.25) is 4.79 Å². The van der Waals surface area contributed by atoms with Crippen molar-refractivity contribution >= 4 is 40.3 Å². The van der Waals surface area contributed by atoms with Crippen molar-refractivity contribution < 1.29 is 9.21 Å². The zero-order valence-corrected chi connectivity index (χ0v) is 15.2. The molecule has 0 bridgehead atoms. The third kappa shape index (κ3) is 4.99. The molecule has 0 radical (unpaired) electrons. The topological polar surface area (TPSA) is 81.1 Å². The molecule has 22 heavy (non-hydrogen) atoms. The van der Waals surface area contributed by atoms with Crippen molar-refractivity contribution in [1.29, 1.82) is 0 Å². The predicted molar refractivity (Wildman–Crippen MR) is 96.8 cm³/mol. The number of benzene rings is 1. The van der Waals surface area contributed by atoms with Crippen LogP contribution in [0.1, 0.15) is 34.4 Å². The van der Waals surface area contributed by atoms with Crippen LogP contribution in [-0.2, 0) is 6.54 Å². The number of nitrogens with one attached hydrogen (secondary N) is 1. The highest BCUT2D eigenvalue weighted by molar-refractivity contribution is 14.1. The van der Waals surface area contributed by atoms with Crippen LogP contribution in [0.3, 0.4) is 0 Å². The predicted octanol–water partition coefficient (Wildman–Crippen LogP) is 2.96. The first-order valence-electron chi connectivity index (χ1n) is 6.82. The van der Waals surface area contributed by atoms with Gasteiger partial charge in [0.25, 0.3) is 5.91 Å². The lowest BCUT2D eigenvalue weighted by Crippen LogP contribution is -2.23. The van der Waals surface area contributed by atoms with Crippen molar-refractivity contribution in [1.82, 2.24) is 10.3 Å². The van der Waals surface area contributed by atoms with Gasteiger partial charge < -0.3 is 15.5 Å². The molecule has 118 valence electrons. The van der Waals surface area contributed by atoms with E-state index in [2.05, 4.69) is 32.9 Å². The SMILES string of the molecule is CSCCC(N)c1nc(C(=O)NCc2cccc(I)c2)co1. The fourth-order valence-corrected chi connectivity index (χ4v) is 2.95. The van der Waals surface area contributed by atoms with Gasteiger partial charge in [-0.15, -0.1) is 0 Å². The summed E-state index contributed by atoms with van der Waals surface area (Å²) in [5.74, 6) is 1.08. The second-order valence-corrected chi connectivity index (χ2v) is 7.00. The third-order valence-corrected chi connectivity index (χ3v) is 4.36. The van der Waals surface area contributed by atoms with E-state index in [4.69, 9.17) is 10.2 Å². The van der Waals surface area contributed by atoms with Gasteiger partial charge in [-0.05, 0) is 58.7 Å². The fraction of sp³-hybridized carbons (Fsp3) is 0.333. The maximum absolute atomic E-state index is 12.1.